The van der Waals surface area contributed by atoms with Crippen LogP contribution in [0, 0.1) is 0 Å². The average molecular weight is 246 g/mol. The molecule has 0 N–H and O–H groups in total. The lowest BCUT2D eigenvalue weighted by molar-refractivity contribution is 0.153. The Morgan fingerprint density at radius 2 is 2.14 bits per heavy atom. The second-order valence-electron chi connectivity index (χ2n) is 2.54. The molecule has 84 valence electrons. The van der Waals surface area contributed by atoms with Gasteiger partial charge in [-0.25, -0.2) is 8.37 Å². The van der Waals surface area contributed by atoms with Crippen molar-refractivity contribution in [2.45, 2.75) is 13.0 Å². The first kappa shape index (κ1) is 11.9. The molecule has 1 atom stereocenters. The van der Waals surface area contributed by atoms with Gasteiger partial charge in [0.2, 0.25) is 0 Å². The lowest BCUT2D eigenvalue weighted by Crippen LogP contribution is -2.21. The predicted molar refractivity (Wildman–Crippen MR) is 45.2 cm³/mol. The molecule has 0 radical (unpaired) electrons. The predicted octanol–water partition coefficient (Wildman–Crippen LogP) is -0.987. The van der Waals surface area contributed by atoms with E-state index >= 15 is 0 Å². The van der Waals surface area contributed by atoms with E-state index in [0.717, 1.165) is 0 Å². The maximum absolute atomic E-state index is 10.8. The summed E-state index contributed by atoms with van der Waals surface area (Å²) < 4.78 is 55.9. The lowest BCUT2D eigenvalue weighted by Gasteiger charge is -2.05. The molecule has 1 unspecified atom stereocenters. The van der Waals surface area contributed by atoms with Gasteiger partial charge >= 0.3 is 10.4 Å². The van der Waals surface area contributed by atoms with Crippen molar-refractivity contribution in [2.24, 2.45) is 0 Å². The fraction of sp³-hybridized carbons (Fsp3) is 1.00. The first-order valence-electron chi connectivity index (χ1n) is 3.79. The molecule has 1 rings (SSSR count). The Hall–Kier alpha value is -0.220. The molecule has 0 aromatic carbocycles. The molecule has 0 saturated carbocycles. The van der Waals surface area contributed by atoms with Crippen molar-refractivity contribution in [1.82, 2.24) is 0 Å². The quantitative estimate of drug-likeness (QED) is 0.588. The van der Waals surface area contributed by atoms with Gasteiger partial charge < -0.3 is 0 Å². The van der Waals surface area contributed by atoms with E-state index in [4.69, 9.17) is 0 Å². The SMILES string of the molecule is CCS(=O)(=O)OCC1COS(=O)(=O)O1. The third kappa shape index (κ3) is 3.50. The van der Waals surface area contributed by atoms with E-state index in [1.165, 1.54) is 6.92 Å². The summed E-state index contributed by atoms with van der Waals surface area (Å²) in [4.78, 5) is 0. The number of hydrogen-bond acceptors (Lipinski definition) is 7. The van der Waals surface area contributed by atoms with Crippen molar-refractivity contribution in [2.75, 3.05) is 19.0 Å². The molecular formula is C5H10O7S2. The third-order valence-electron chi connectivity index (χ3n) is 1.44. The molecule has 0 aromatic rings. The molecule has 9 heteroatoms. The monoisotopic (exact) mass is 246 g/mol. The molecule has 14 heavy (non-hydrogen) atoms. The van der Waals surface area contributed by atoms with E-state index < -0.39 is 26.6 Å². The van der Waals surface area contributed by atoms with E-state index in [1.54, 1.807) is 0 Å². The number of hydrogen-bond donors (Lipinski definition) is 0. The zero-order chi connectivity index (χ0) is 10.8. The molecule has 1 heterocycles. The minimum Gasteiger partial charge on any atom is -0.267 e. The summed E-state index contributed by atoms with van der Waals surface area (Å²) >= 11 is 0. The molecule has 1 saturated heterocycles. The molecule has 0 aliphatic carbocycles. The van der Waals surface area contributed by atoms with Gasteiger partial charge in [-0.15, -0.1) is 0 Å². The van der Waals surface area contributed by atoms with Gasteiger partial charge in [-0.3, -0.25) is 4.18 Å². The maximum Gasteiger partial charge on any atom is 0.400 e. The topological polar surface area (TPSA) is 96.0 Å². The molecule has 0 amide bonds. The van der Waals surface area contributed by atoms with Crippen LogP contribution in [0.3, 0.4) is 0 Å². The van der Waals surface area contributed by atoms with Gasteiger partial charge in [-0.2, -0.15) is 16.8 Å². The van der Waals surface area contributed by atoms with Crippen molar-refractivity contribution in [3.05, 3.63) is 0 Å². The van der Waals surface area contributed by atoms with Gasteiger partial charge in [0, 0.05) is 0 Å². The van der Waals surface area contributed by atoms with E-state index in [9.17, 15) is 16.8 Å². The lowest BCUT2D eigenvalue weighted by atomic mass is 10.4. The average Bonchev–Trinajstić information content (AvgIpc) is 2.43. The highest BCUT2D eigenvalue weighted by Crippen LogP contribution is 2.13. The van der Waals surface area contributed by atoms with E-state index in [2.05, 4.69) is 12.5 Å². The van der Waals surface area contributed by atoms with Crippen LogP contribution in [0.5, 0.6) is 0 Å². The minimum atomic E-state index is -3.94. The Morgan fingerprint density at radius 3 is 2.57 bits per heavy atom. The Labute approximate surface area is 82.4 Å². The van der Waals surface area contributed by atoms with Crippen molar-refractivity contribution in [1.29, 1.82) is 0 Å². The molecule has 1 aliphatic rings. The minimum absolute atomic E-state index is 0.173. The first-order chi connectivity index (χ1) is 6.35. The van der Waals surface area contributed by atoms with Crippen LogP contribution in [0.1, 0.15) is 6.92 Å². The largest absolute Gasteiger partial charge is 0.400 e. The fourth-order valence-corrected chi connectivity index (χ4v) is 2.06. The van der Waals surface area contributed by atoms with Gasteiger partial charge in [-0.1, -0.05) is 0 Å². The zero-order valence-corrected chi connectivity index (χ0v) is 9.01. The standard InChI is InChI=1S/C5H10O7S2/c1-2-13(6,7)10-3-5-4-11-14(8,9)12-5/h5H,2-4H2,1H3. The van der Waals surface area contributed by atoms with Gasteiger partial charge in [0.1, 0.15) is 6.10 Å². The number of rotatable bonds is 4. The molecule has 0 spiro atoms. The summed E-state index contributed by atoms with van der Waals surface area (Å²) in [6.07, 6.45) is -0.888. The highest BCUT2D eigenvalue weighted by Gasteiger charge is 2.31. The second kappa shape index (κ2) is 4.11. The molecule has 0 bridgehead atoms. The molecular weight excluding hydrogens is 236 g/mol. The van der Waals surface area contributed by atoms with Crippen LogP contribution in [-0.4, -0.2) is 41.9 Å². The van der Waals surface area contributed by atoms with Crippen LogP contribution in [0.15, 0.2) is 0 Å². The van der Waals surface area contributed by atoms with Gasteiger partial charge in [-0.05, 0) is 6.92 Å². The summed E-state index contributed by atoms with van der Waals surface area (Å²) in [7, 11) is -7.52. The van der Waals surface area contributed by atoms with E-state index in [1.807, 2.05) is 0 Å². The summed E-state index contributed by atoms with van der Waals surface area (Å²) in [5.74, 6) is -0.173. The van der Waals surface area contributed by atoms with Crippen LogP contribution in [-0.2, 0) is 33.1 Å². The zero-order valence-electron chi connectivity index (χ0n) is 7.37. The summed E-state index contributed by atoms with van der Waals surface area (Å²) in [6.45, 7) is 0.842. The molecule has 1 aliphatic heterocycles. The molecule has 0 aromatic heterocycles. The summed E-state index contributed by atoms with van der Waals surface area (Å²) in [6, 6.07) is 0. The van der Waals surface area contributed by atoms with Gasteiger partial charge in [0.05, 0.1) is 19.0 Å². The summed E-state index contributed by atoms with van der Waals surface area (Å²) in [5, 5.41) is 0. The highest BCUT2D eigenvalue weighted by atomic mass is 32.3. The van der Waals surface area contributed by atoms with Crippen LogP contribution in [0.25, 0.3) is 0 Å². The van der Waals surface area contributed by atoms with Crippen molar-refractivity contribution < 1.29 is 29.4 Å². The Morgan fingerprint density at radius 1 is 1.50 bits per heavy atom. The van der Waals surface area contributed by atoms with E-state index in [0.29, 0.717) is 0 Å². The first-order valence-corrected chi connectivity index (χ1v) is 6.70. The molecule has 7 nitrogen and oxygen atoms in total. The van der Waals surface area contributed by atoms with E-state index in [-0.39, 0.29) is 19.0 Å². The van der Waals surface area contributed by atoms with Gasteiger partial charge in [0.25, 0.3) is 10.1 Å². The van der Waals surface area contributed by atoms with Crippen molar-refractivity contribution in [3.8, 4) is 0 Å². The van der Waals surface area contributed by atoms with Gasteiger partial charge in [0.15, 0.2) is 0 Å². The Bertz CT molecular complexity index is 380. The highest BCUT2D eigenvalue weighted by molar-refractivity contribution is 7.86. The van der Waals surface area contributed by atoms with Crippen LogP contribution >= 0.6 is 0 Å². The van der Waals surface area contributed by atoms with Crippen LogP contribution in [0.4, 0.5) is 0 Å². The maximum atomic E-state index is 10.8. The van der Waals surface area contributed by atoms with Crippen LogP contribution < -0.4 is 0 Å². The second-order valence-corrected chi connectivity index (χ2v) is 5.71. The Balaban J connectivity index is 2.42. The third-order valence-corrected chi connectivity index (χ3v) is 3.57. The normalized spacial score (nSPS) is 26.5. The smallest absolute Gasteiger partial charge is 0.267 e. The van der Waals surface area contributed by atoms with Crippen LogP contribution in [0.2, 0.25) is 0 Å². The fourth-order valence-electron chi connectivity index (χ4n) is 0.720. The molecule has 1 fully saturated rings. The van der Waals surface area contributed by atoms with Crippen molar-refractivity contribution >= 4 is 20.5 Å². The Kier molecular flexibility index (Phi) is 3.48. The summed E-state index contributed by atoms with van der Waals surface area (Å²) in [5.41, 5.74) is 0. The van der Waals surface area contributed by atoms with Crippen molar-refractivity contribution in [3.63, 3.8) is 0 Å².